The van der Waals surface area contributed by atoms with Gasteiger partial charge in [0, 0.05) is 28.9 Å². The normalized spacial score (nSPS) is 15.0. The predicted molar refractivity (Wildman–Crippen MR) is 92.0 cm³/mol. The first-order chi connectivity index (χ1) is 10.1. The molecule has 118 valence electrons. The van der Waals surface area contributed by atoms with Crippen molar-refractivity contribution in [3.63, 3.8) is 0 Å². The second kappa shape index (κ2) is 6.96. The maximum atomic E-state index is 12.1. The van der Waals surface area contributed by atoms with Gasteiger partial charge in [0.25, 0.3) is 5.91 Å². The van der Waals surface area contributed by atoms with E-state index in [0.29, 0.717) is 18.8 Å². The van der Waals surface area contributed by atoms with Crippen LogP contribution in [0.3, 0.4) is 0 Å². The lowest BCUT2D eigenvalue weighted by Crippen LogP contribution is -2.32. The average Bonchev–Trinajstić information content (AvgIpc) is 3.13. The Morgan fingerprint density at radius 1 is 1.36 bits per heavy atom. The Bertz CT molecular complexity index is 653. The lowest BCUT2D eigenvalue weighted by Gasteiger charge is -2.16. The molecule has 0 radical (unpaired) electrons. The summed E-state index contributed by atoms with van der Waals surface area (Å²) in [4.78, 5) is 16.3. The van der Waals surface area contributed by atoms with Crippen LogP contribution in [0.4, 0.5) is 0 Å². The highest BCUT2D eigenvalue weighted by Crippen LogP contribution is 2.47. The van der Waals surface area contributed by atoms with E-state index in [2.05, 4.69) is 10.3 Å². The number of nitrogens with two attached hydrogens (primary N) is 1. The van der Waals surface area contributed by atoms with E-state index in [1.54, 1.807) is 5.38 Å². The largest absolute Gasteiger partial charge is 0.350 e. The van der Waals surface area contributed by atoms with E-state index in [9.17, 15) is 4.79 Å². The summed E-state index contributed by atoms with van der Waals surface area (Å²) in [5, 5.41) is 6.24. The molecular formula is C15H17Cl2N3OS. The minimum atomic E-state index is -0.133. The lowest BCUT2D eigenvalue weighted by molar-refractivity contribution is 0.0945. The van der Waals surface area contributed by atoms with Crippen molar-refractivity contribution in [3.05, 3.63) is 50.9 Å². The third kappa shape index (κ3) is 3.60. The van der Waals surface area contributed by atoms with Gasteiger partial charge in [0.15, 0.2) is 0 Å². The van der Waals surface area contributed by atoms with Gasteiger partial charge >= 0.3 is 0 Å². The van der Waals surface area contributed by atoms with Crippen LogP contribution in [0.15, 0.2) is 29.6 Å². The van der Waals surface area contributed by atoms with Gasteiger partial charge in [0.05, 0.1) is 0 Å². The number of carbonyl (C=O) groups excluding carboxylic acids is 1. The standard InChI is InChI=1S/C15H16ClN3OS.ClH/c16-11-3-1-10(2-4-11)15(5-6-15)9-18-14(20)12-8-21-13(7-17)19-12;/h1-4,8H,5-7,9,17H2,(H,18,20);1H. The van der Waals surface area contributed by atoms with E-state index < -0.39 is 0 Å². The highest BCUT2D eigenvalue weighted by molar-refractivity contribution is 7.09. The molecule has 1 aromatic heterocycles. The molecule has 1 aliphatic carbocycles. The number of aromatic nitrogens is 1. The summed E-state index contributed by atoms with van der Waals surface area (Å²) in [6, 6.07) is 7.87. The van der Waals surface area contributed by atoms with Crippen molar-refractivity contribution < 1.29 is 4.79 Å². The zero-order valence-corrected chi connectivity index (χ0v) is 14.2. The molecule has 7 heteroatoms. The Morgan fingerprint density at radius 3 is 2.59 bits per heavy atom. The number of amides is 1. The first kappa shape index (κ1) is 17.2. The van der Waals surface area contributed by atoms with Gasteiger partial charge in [0.2, 0.25) is 0 Å². The van der Waals surface area contributed by atoms with Gasteiger partial charge in [-0.3, -0.25) is 4.79 Å². The van der Waals surface area contributed by atoms with Crippen LogP contribution in [0.25, 0.3) is 0 Å². The topological polar surface area (TPSA) is 68.0 Å². The Balaban J connectivity index is 0.00000176. The molecular weight excluding hydrogens is 341 g/mol. The fraction of sp³-hybridized carbons (Fsp3) is 0.333. The SMILES string of the molecule is Cl.NCc1nc(C(=O)NCC2(c3ccc(Cl)cc3)CC2)cs1. The summed E-state index contributed by atoms with van der Waals surface area (Å²) < 4.78 is 0. The summed E-state index contributed by atoms with van der Waals surface area (Å²) in [7, 11) is 0. The van der Waals surface area contributed by atoms with Crippen molar-refractivity contribution in [2.45, 2.75) is 24.8 Å². The van der Waals surface area contributed by atoms with Crippen LogP contribution in [-0.4, -0.2) is 17.4 Å². The number of halogens is 2. The first-order valence-corrected chi connectivity index (χ1v) is 8.07. The molecule has 1 saturated carbocycles. The number of rotatable bonds is 5. The summed E-state index contributed by atoms with van der Waals surface area (Å²) in [6.45, 7) is 0.996. The van der Waals surface area contributed by atoms with Gasteiger partial charge in [-0.05, 0) is 30.5 Å². The number of nitrogens with one attached hydrogen (secondary N) is 1. The van der Waals surface area contributed by atoms with Crippen molar-refractivity contribution in [3.8, 4) is 0 Å². The number of hydrogen-bond acceptors (Lipinski definition) is 4. The minimum Gasteiger partial charge on any atom is -0.350 e. The molecule has 22 heavy (non-hydrogen) atoms. The second-order valence-electron chi connectivity index (χ2n) is 5.30. The molecule has 1 aromatic carbocycles. The van der Waals surface area contributed by atoms with E-state index >= 15 is 0 Å². The first-order valence-electron chi connectivity index (χ1n) is 6.82. The third-order valence-corrected chi connectivity index (χ3v) is 4.98. The fourth-order valence-corrected chi connectivity index (χ4v) is 3.15. The van der Waals surface area contributed by atoms with Crippen LogP contribution in [0.5, 0.6) is 0 Å². The molecule has 0 aliphatic heterocycles. The van der Waals surface area contributed by atoms with Crippen LogP contribution in [-0.2, 0) is 12.0 Å². The molecule has 0 saturated heterocycles. The fourth-order valence-electron chi connectivity index (χ4n) is 2.37. The summed E-state index contributed by atoms with van der Waals surface area (Å²) in [5.41, 5.74) is 7.25. The smallest absolute Gasteiger partial charge is 0.270 e. The molecule has 0 atom stereocenters. The Kier molecular flexibility index (Phi) is 5.45. The quantitative estimate of drug-likeness (QED) is 0.863. The van der Waals surface area contributed by atoms with Gasteiger partial charge in [-0.1, -0.05) is 23.7 Å². The Labute approximate surface area is 144 Å². The van der Waals surface area contributed by atoms with Crippen molar-refractivity contribution >= 4 is 41.3 Å². The van der Waals surface area contributed by atoms with Gasteiger partial charge < -0.3 is 11.1 Å². The number of carbonyl (C=O) groups is 1. The highest BCUT2D eigenvalue weighted by atomic mass is 35.5. The van der Waals surface area contributed by atoms with Gasteiger partial charge in [-0.25, -0.2) is 4.98 Å². The molecule has 3 N–H and O–H groups in total. The Morgan fingerprint density at radius 2 is 2.05 bits per heavy atom. The summed E-state index contributed by atoms with van der Waals surface area (Å²) in [6.07, 6.45) is 2.17. The predicted octanol–water partition coefficient (Wildman–Crippen LogP) is 3.14. The molecule has 1 fully saturated rings. The monoisotopic (exact) mass is 357 g/mol. The zero-order valence-electron chi connectivity index (χ0n) is 11.8. The van der Waals surface area contributed by atoms with E-state index in [4.69, 9.17) is 17.3 Å². The minimum absolute atomic E-state index is 0. The van der Waals surface area contributed by atoms with Crippen molar-refractivity contribution in [2.75, 3.05) is 6.54 Å². The van der Waals surface area contributed by atoms with E-state index in [0.717, 1.165) is 22.9 Å². The van der Waals surface area contributed by atoms with Crippen LogP contribution in [0.2, 0.25) is 5.02 Å². The van der Waals surface area contributed by atoms with Crippen LogP contribution < -0.4 is 11.1 Å². The number of nitrogens with zero attached hydrogens (tertiary/aromatic N) is 1. The molecule has 3 rings (SSSR count). The molecule has 0 unspecified atom stereocenters. The molecule has 1 heterocycles. The van der Waals surface area contributed by atoms with Crippen molar-refractivity contribution in [2.24, 2.45) is 5.73 Å². The summed E-state index contributed by atoms with van der Waals surface area (Å²) in [5.74, 6) is -0.133. The molecule has 1 aliphatic rings. The summed E-state index contributed by atoms with van der Waals surface area (Å²) >= 11 is 7.33. The second-order valence-corrected chi connectivity index (χ2v) is 6.68. The Hall–Kier alpha value is -1.14. The maximum absolute atomic E-state index is 12.1. The molecule has 1 amide bonds. The maximum Gasteiger partial charge on any atom is 0.270 e. The van der Waals surface area contributed by atoms with Crippen molar-refractivity contribution in [1.29, 1.82) is 0 Å². The molecule has 0 bridgehead atoms. The van der Waals surface area contributed by atoms with Crippen LogP contribution >= 0.6 is 35.3 Å². The molecule has 2 aromatic rings. The van der Waals surface area contributed by atoms with Gasteiger partial charge in [0.1, 0.15) is 10.7 Å². The number of benzene rings is 1. The lowest BCUT2D eigenvalue weighted by atomic mass is 9.96. The van der Waals surface area contributed by atoms with Crippen LogP contribution in [0.1, 0.15) is 33.9 Å². The number of hydrogen-bond donors (Lipinski definition) is 2. The number of thiazole rings is 1. The van der Waals surface area contributed by atoms with Gasteiger partial charge in [-0.2, -0.15) is 0 Å². The van der Waals surface area contributed by atoms with Crippen molar-refractivity contribution in [1.82, 2.24) is 10.3 Å². The van der Waals surface area contributed by atoms with E-state index in [-0.39, 0.29) is 23.7 Å². The highest BCUT2D eigenvalue weighted by Gasteiger charge is 2.44. The third-order valence-electron chi connectivity index (χ3n) is 3.86. The van der Waals surface area contributed by atoms with Crippen LogP contribution in [0, 0.1) is 0 Å². The zero-order chi connectivity index (χ0) is 14.9. The van der Waals surface area contributed by atoms with Gasteiger partial charge in [-0.15, -0.1) is 23.7 Å². The molecule has 0 spiro atoms. The average molecular weight is 358 g/mol. The van der Waals surface area contributed by atoms with E-state index in [1.165, 1.54) is 16.9 Å². The molecule has 4 nitrogen and oxygen atoms in total. The van der Waals surface area contributed by atoms with E-state index in [1.807, 2.05) is 24.3 Å².